The Kier molecular flexibility index (Phi) is 6.85. The van der Waals surface area contributed by atoms with Gasteiger partial charge in [-0.05, 0) is 71.3 Å². The zero-order valence-corrected chi connectivity index (χ0v) is 18.0. The first-order valence-corrected chi connectivity index (χ1v) is 11.5. The summed E-state index contributed by atoms with van der Waals surface area (Å²) < 4.78 is 13.3. The lowest BCUT2D eigenvalue weighted by atomic mass is 9.72. The second kappa shape index (κ2) is 9.94. The minimum Gasteiger partial charge on any atom is -0.207 e. The van der Waals surface area contributed by atoms with E-state index in [1.807, 2.05) is 0 Å². The number of unbranched alkanes of at least 4 members (excludes halogenated alkanes) is 4. The van der Waals surface area contributed by atoms with Crippen molar-refractivity contribution in [3.63, 3.8) is 0 Å². The van der Waals surface area contributed by atoms with Gasteiger partial charge >= 0.3 is 0 Å². The van der Waals surface area contributed by atoms with Crippen molar-refractivity contribution >= 4 is 10.8 Å². The van der Waals surface area contributed by atoms with Crippen LogP contribution in [0.4, 0.5) is 4.39 Å². The highest BCUT2D eigenvalue weighted by Crippen LogP contribution is 2.41. The van der Waals surface area contributed by atoms with Crippen LogP contribution in [0.15, 0.2) is 60.7 Å². The molecule has 30 heavy (non-hydrogen) atoms. The Labute approximate surface area is 180 Å². The molecule has 0 N–H and O–H groups in total. The maximum Gasteiger partial charge on any atom is 0.123 e. The molecule has 4 rings (SSSR count). The lowest BCUT2D eigenvalue weighted by Gasteiger charge is -2.31. The minimum absolute atomic E-state index is 0.208. The molecule has 0 spiro atoms. The van der Waals surface area contributed by atoms with Crippen molar-refractivity contribution in [1.29, 1.82) is 0 Å². The Balaban J connectivity index is 1.63. The molecule has 0 aromatic heterocycles. The third-order valence-electron chi connectivity index (χ3n) is 6.54. The molecule has 0 saturated heterocycles. The summed E-state index contributed by atoms with van der Waals surface area (Å²) in [5, 5.41) is 2.70. The van der Waals surface area contributed by atoms with E-state index in [-0.39, 0.29) is 11.7 Å². The molecule has 2 atom stereocenters. The van der Waals surface area contributed by atoms with Crippen LogP contribution >= 0.6 is 0 Å². The predicted molar refractivity (Wildman–Crippen MR) is 125 cm³/mol. The summed E-state index contributed by atoms with van der Waals surface area (Å²) in [5.74, 6) is 7.62. The average Bonchev–Trinajstić information content (AvgIpc) is 2.78. The monoisotopic (exact) mass is 398 g/mol. The third-order valence-corrected chi connectivity index (χ3v) is 6.54. The summed E-state index contributed by atoms with van der Waals surface area (Å²) in [6, 6.07) is 19.8. The van der Waals surface area contributed by atoms with Gasteiger partial charge in [0.05, 0.1) is 0 Å². The van der Waals surface area contributed by atoms with Gasteiger partial charge in [0, 0.05) is 11.5 Å². The van der Waals surface area contributed by atoms with E-state index in [1.165, 1.54) is 79.0 Å². The number of benzene rings is 3. The zero-order chi connectivity index (χ0) is 20.8. The molecule has 154 valence electrons. The van der Waals surface area contributed by atoms with Crippen molar-refractivity contribution in [2.75, 3.05) is 0 Å². The molecular formula is C29H31F. The van der Waals surface area contributed by atoms with Gasteiger partial charge in [-0.2, -0.15) is 0 Å². The zero-order valence-electron chi connectivity index (χ0n) is 18.0. The highest BCUT2D eigenvalue weighted by molar-refractivity contribution is 5.87. The standard InChI is InChI=1S/C29H31F/c1-2-3-4-5-6-9-24-16-20-28-26-11-8-7-10-23(26)15-21-29(28)27(24)19-14-22-12-17-25(30)18-13-22/h7-8,10-13,15,17-18,21,24,27H,2-6,9,16,20H2,1H3/t24-,27+/m1/s1. The summed E-state index contributed by atoms with van der Waals surface area (Å²) in [7, 11) is 0. The quantitative estimate of drug-likeness (QED) is 0.291. The fourth-order valence-electron chi connectivity index (χ4n) is 4.88. The molecule has 1 aliphatic carbocycles. The number of hydrogen-bond acceptors (Lipinski definition) is 0. The highest BCUT2D eigenvalue weighted by atomic mass is 19.1. The average molecular weight is 399 g/mol. The van der Waals surface area contributed by atoms with E-state index in [0.29, 0.717) is 5.92 Å². The predicted octanol–water partition coefficient (Wildman–Crippen LogP) is 8.04. The number of fused-ring (bicyclic) bond motifs is 3. The topological polar surface area (TPSA) is 0 Å². The van der Waals surface area contributed by atoms with Gasteiger partial charge in [0.2, 0.25) is 0 Å². The molecule has 3 aromatic carbocycles. The van der Waals surface area contributed by atoms with Crippen LogP contribution in [0.3, 0.4) is 0 Å². The lowest BCUT2D eigenvalue weighted by molar-refractivity contribution is 0.380. The Hall–Kier alpha value is -2.59. The normalized spacial score (nSPS) is 17.9. The molecule has 1 heteroatoms. The van der Waals surface area contributed by atoms with Gasteiger partial charge in [0.15, 0.2) is 0 Å². The molecule has 0 radical (unpaired) electrons. The van der Waals surface area contributed by atoms with Gasteiger partial charge < -0.3 is 0 Å². The first-order valence-electron chi connectivity index (χ1n) is 11.5. The molecule has 0 amide bonds. The van der Waals surface area contributed by atoms with E-state index in [2.05, 4.69) is 55.2 Å². The van der Waals surface area contributed by atoms with E-state index >= 15 is 0 Å². The Morgan fingerprint density at radius 2 is 1.70 bits per heavy atom. The molecule has 0 unspecified atom stereocenters. The Morgan fingerprint density at radius 3 is 2.53 bits per heavy atom. The van der Waals surface area contributed by atoms with Crippen LogP contribution in [0.25, 0.3) is 10.8 Å². The highest BCUT2D eigenvalue weighted by Gasteiger charge is 2.29. The summed E-state index contributed by atoms with van der Waals surface area (Å²) in [6.07, 6.45) is 10.2. The largest absolute Gasteiger partial charge is 0.207 e. The first-order chi connectivity index (χ1) is 14.8. The fraction of sp³-hybridized carbons (Fsp3) is 0.379. The summed E-state index contributed by atoms with van der Waals surface area (Å²) in [6.45, 7) is 2.27. The first kappa shape index (κ1) is 20.7. The third kappa shape index (κ3) is 4.76. The van der Waals surface area contributed by atoms with Crippen LogP contribution in [0.2, 0.25) is 0 Å². The number of rotatable bonds is 6. The Bertz CT molecular complexity index is 1040. The maximum absolute atomic E-state index is 13.3. The molecule has 0 fully saturated rings. The molecule has 0 bridgehead atoms. The van der Waals surface area contributed by atoms with Crippen molar-refractivity contribution in [2.24, 2.45) is 5.92 Å². The van der Waals surface area contributed by atoms with Gasteiger partial charge in [0.1, 0.15) is 5.82 Å². The lowest BCUT2D eigenvalue weighted by Crippen LogP contribution is -2.20. The van der Waals surface area contributed by atoms with Gasteiger partial charge in [-0.25, -0.2) is 4.39 Å². The SMILES string of the molecule is CCCCCCC[C@@H]1CCc2c(ccc3ccccc23)[C@H]1C#Cc1ccc(F)cc1. The van der Waals surface area contributed by atoms with E-state index in [1.54, 1.807) is 12.1 Å². The van der Waals surface area contributed by atoms with Crippen molar-refractivity contribution < 1.29 is 4.39 Å². The van der Waals surface area contributed by atoms with Crippen molar-refractivity contribution in [2.45, 2.75) is 64.2 Å². The van der Waals surface area contributed by atoms with Crippen LogP contribution in [0.1, 0.15) is 74.5 Å². The van der Waals surface area contributed by atoms with Crippen LogP contribution in [0, 0.1) is 23.6 Å². The smallest absolute Gasteiger partial charge is 0.123 e. The van der Waals surface area contributed by atoms with Crippen molar-refractivity contribution in [3.8, 4) is 11.8 Å². The summed E-state index contributed by atoms with van der Waals surface area (Å²) in [4.78, 5) is 0. The van der Waals surface area contributed by atoms with Crippen molar-refractivity contribution in [1.82, 2.24) is 0 Å². The second-order valence-corrected chi connectivity index (χ2v) is 8.61. The summed E-state index contributed by atoms with van der Waals surface area (Å²) >= 11 is 0. The number of halogens is 1. The van der Waals surface area contributed by atoms with Crippen LogP contribution in [-0.2, 0) is 6.42 Å². The summed E-state index contributed by atoms with van der Waals surface area (Å²) in [5.41, 5.74) is 3.79. The number of aryl methyl sites for hydroxylation is 1. The van der Waals surface area contributed by atoms with E-state index in [9.17, 15) is 4.39 Å². The molecule has 0 nitrogen and oxygen atoms in total. The second-order valence-electron chi connectivity index (χ2n) is 8.61. The van der Waals surface area contributed by atoms with Crippen LogP contribution in [0.5, 0.6) is 0 Å². The van der Waals surface area contributed by atoms with Gasteiger partial charge in [-0.15, -0.1) is 0 Å². The molecule has 0 aliphatic heterocycles. The van der Waals surface area contributed by atoms with Gasteiger partial charge in [0.25, 0.3) is 0 Å². The molecule has 1 aliphatic rings. The molecule has 3 aromatic rings. The Morgan fingerprint density at radius 1 is 0.900 bits per heavy atom. The molecule has 0 heterocycles. The minimum atomic E-state index is -0.208. The van der Waals surface area contributed by atoms with E-state index in [0.717, 1.165) is 12.0 Å². The van der Waals surface area contributed by atoms with Crippen LogP contribution in [-0.4, -0.2) is 0 Å². The van der Waals surface area contributed by atoms with Gasteiger partial charge in [-0.1, -0.05) is 87.3 Å². The molecule has 0 saturated carbocycles. The number of hydrogen-bond donors (Lipinski definition) is 0. The van der Waals surface area contributed by atoms with E-state index in [4.69, 9.17) is 0 Å². The van der Waals surface area contributed by atoms with Crippen molar-refractivity contribution in [3.05, 3.63) is 83.2 Å². The van der Waals surface area contributed by atoms with Gasteiger partial charge in [-0.3, -0.25) is 0 Å². The van der Waals surface area contributed by atoms with E-state index < -0.39 is 0 Å². The van der Waals surface area contributed by atoms with Crippen LogP contribution < -0.4 is 0 Å². The molecular weight excluding hydrogens is 367 g/mol. The fourth-order valence-corrected chi connectivity index (χ4v) is 4.88. The maximum atomic E-state index is 13.3.